The summed E-state index contributed by atoms with van der Waals surface area (Å²) in [4.78, 5) is 14.3. The average molecular weight is 307 g/mol. The van der Waals surface area contributed by atoms with Crippen molar-refractivity contribution in [3.8, 4) is 5.75 Å². The summed E-state index contributed by atoms with van der Waals surface area (Å²) in [7, 11) is 1.64. The van der Waals surface area contributed by atoms with Crippen molar-refractivity contribution in [3.63, 3.8) is 0 Å². The second-order valence-corrected chi connectivity index (χ2v) is 5.76. The number of carbonyl (C=O) groups is 1. The van der Waals surface area contributed by atoms with Crippen molar-refractivity contribution < 1.29 is 9.53 Å². The minimum atomic E-state index is 0.0642. The van der Waals surface area contributed by atoms with Crippen LogP contribution in [0, 0.1) is 0 Å². The fourth-order valence-electron chi connectivity index (χ4n) is 3.03. The molecule has 0 N–H and O–H groups in total. The number of likely N-dealkylation sites (tertiary alicyclic amines) is 1. The Labute approximate surface area is 137 Å². The largest absolute Gasteiger partial charge is 0.496 e. The van der Waals surface area contributed by atoms with Gasteiger partial charge in [0.25, 0.3) is 0 Å². The van der Waals surface area contributed by atoms with Crippen LogP contribution in [0.3, 0.4) is 0 Å². The Morgan fingerprint density at radius 1 is 1.13 bits per heavy atom. The van der Waals surface area contributed by atoms with Crippen molar-refractivity contribution in [3.05, 3.63) is 71.8 Å². The van der Waals surface area contributed by atoms with Crippen molar-refractivity contribution >= 4 is 12.0 Å². The van der Waals surface area contributed by atoms with E-state index in [1.165, 1.54) is 5.56 Å². The Morgan fingerprint density at radius 3 is 2.65 bits per heavy atom. The molecule has 118 valence electrons. The maximum atomic E-state index is 12.4. The smallest absolute Gasteiger partial charge is 0.246 e. The van der Waals surface area contributed by atoms with Crippen LogP contribution in [-0.2, 0) is 4.79 Å². The average Bonchev–Trinajstić information content (AvgIpc) is 3.11. The summed E-state index contributed by atoms with van der Waals surface area (Å²) in [5.74, 6) is 1.29. The van der Waals surface area contributed by atoms with Crippen LogP contribution in [0.4, 0.5) is 0 Å². The van der Waals surface area contributed by atoms with Gasteiger partial charge in [-0.1, -0.05) is 48.5 Å². The van der Waals surface area contributed by atoms with Crippen molar-refractivity contribution in [1.29, 1.82) is 0 Å². The van der Waals surface area contributed by atoms with Gasteiger partial charge >= 0.3 is 0 Å². The van der Waals surface area contributed by atoms with Gasteiger partial charge in [-0.05, 0) is 24.1 Å². The molecule has 1 fully saturated rings. The summed E-state index contributed by atoms with van der Waals surface area (Å²) in [6.07, 6.45) is 4.50. The quantitative estimate of drug-likeness (QED) is 0.806. The molecular weight excluding hydrogens is 286 g/mol. The normalized spacial score (nSPS) is 17.6. The highest BCUT2D eigenvalue weighted by atomic mass is 16.5. The van der Waals surface area contributed by atoms with Gasteiger partial charge in [-0.25, -0.2) is 0 Å². The number of carbonyl (C=O) groups excluding carboxylic acids is 1. The van der Waals surface area contributed by atoms with Crippen LogP contribution in [0.25, 0.3) is 6.08 Å². The number of amides is 1. The lowest BCUT2D eigenvalue weighted by molar-refractivity contribution is -0.124. The lowest BCUT2D eigenvalue weighted by Crippen LogP contribution is -2.26. The molecule has 1 amide bonds. The molecule has 3 rings (SSSR count). The number of hydrogen-bond acceptors (Lipinski definition) is 2. The number of hydrogen-bond donors (Lipinski definition) is 0. The van der Waals surface area contributed by atoms with E-state index in [9.17, 15) is 4.79 Å². The van der Waals surface area contributed by atoms with Gasteiger partial charge < -0.3 is 9.64 Å². The molecule has 0 unspecified atom stereocenters. The van der Waals surface area contributed by atoms with E-state index in [1.54, 1.807) is 13.2 Å². The molecular formula is C20H21NO2. The minimum absolute atomic E-state index is 0.0642. The van der Waals surface area contributed by atoms with E-state index in [2.05, 4.69) is 24.3 Å². The van der Waals surface area contributed by atoms with Crippen molar-refractivity contribution in [1.82, 2.24) is 4.90 Å². The fraction of sp³-hybridized carbons (Fsp3) is 0.250. The van der Waals surface area contributed by atoms with Gasteiger partial charge in [0, 0.05) is 30.6 Å². The lowest BCUT2D eigenvalue weighted by Gasteiger charge is -2.14. The highest BCUT2D eigenvalue weighted by Gasteiger charge is 2.25. The maximum Gasteiger partial charge on any atom is 0.246 e. The minimum Gasteiger partial charge on any atom is -0.496 e. The third-order valence-electron chi connectivity index (χ3n) is 4.32. The van der Waals surface area contributed by atoms with Gasteiger partial charge in [-0.3, -0.25) is 4.79 Å². The molecule has 1 heterocycles. The molecule has 23 heavy (non-hydrogen) atoms. The van der Waals surface area contributed by atoms with E-state index in [1.807, 2.05) is 41.3 Å². The maximum absolute atomic E-state index is 12.4. The van der Waals surface area contributed by atoms with E-state index in [0.717, 1.165) is 30.8 Å². The summed E-state index contributed by atoms with van der Waals surface area (Å²) in [5.41, 5.74) is 2.23. The van der Waals surface area contributed by atoms with Crippen LogP contribution in [0.1, 0.15) is 23.5 Å². The second-order valence-electron chi connectivity index (χ2n) is 5.76. The first-order valence-corrected chi connectivity index (χ1v) is 7.93. The molecule has 0 saturated carbocycles. The van der Waals surface area contributed by atoms with Crippen molar-refractivity contribution in [2.75, 3.05) is 20.2 Å². The van der Waals surface area contributed by atoms with E-state index < -0.39 is 0 Å². The third kappa shape index (κ3) is 3.62. The Balaban J connectivity index is 1.64. The van der Waals surface area contributed by atoms with Gasteiger partial charge in [-0.15, -0.1) is 0 Å². The first kappa shape index (κ1) is 15.3. The third-order valence-corrected chi connectivity index (χ3v) is 4.32. The first-order valence-electron chi connectivity index (χ1n) is 7.93. The summed E-state index contributed by atoms with van der Waals surface area (Å²) in [6, 6.07) is 18.1. The van der Waals surface area contributed by atoms with Crippen molar-refractivity contribution in [2.45, 2.75) is 12.3 Å². The Bertz CT molecular complexity index is 694. The highest BCUT2D eigenvalue weighted by Crippen LogP contribution is 2.27. The monoisotopic (exact) mass is 307 g/mol. The molecule has 0 radical (unpaired) electrons. The summed E-state index contributed by atoms with van der Waals surface area (Å²) in [5, 5.41) is 0. The Kier molecular flexibility index (Phi) is 4.77. The van der Waals surface area contributed by atoms with Crippen LogP contribution in [-0.4, -0.2) is 31.0 Å². The topological polar surface area (TPSA) is 29.5 Å². The molecule has 1 atom stereocenters. The molecule has 1 saturated heterocycles. The van der Waals surface area contributed by atoms with E-state index >= 15 is 0 Å². The number of ether oxygens (including phenoxy) is 1. The van der Waals surface area contributed by atoms with Crippen LogP contribution < -0.4 is 4.74 Å². The Morgan fingerprint density at radius 2 is 1.87 bits per heavy atom. The van der Waals surface area contributed by atoms with Gasteiger partial charge in [0.2, 0.25) is 5.91 Å². The fourth-order valence-corrected chi connectivity index (χ4v) is 3.03. The molecule has 1 aliphatic heterocycles. The van der Waals surface area contributed by atoms with Gasteiger partial charge in [-0.2, -0.15) is 0 Å². The Hall–Kier alpha value is -2.55. The number of benzene rings is 2. The molecule has 0 aliphatic carbocycles. The van der Waals surface area contributed by atoms with Gasteiger partial charge in [0.15, 0.2) is 0 Å². The van der Waals surface area contributed by atoms with Crippen LogP contribution >= 0.6 is 0 Å². The summed E-state index contributed by atoms with van der Waals surface area (Å²) >= 11 is 0. The molecule has 2 aromatic rings. The number of para-hydroxylation sites is 1. The summed E-state index contributed by atoms with van der Waals surface area (Å²) in [6.45, 7) is 1.60. The molecule has 2 aromatic carbocycles. The molecule has 0 bridgehead atoms. The lowest BCUT2D eigenvalue weighted by atomic mass is 9.99. The van der Waals surface area contributed by atoms with Crippen LogP contribution in [0.5, 0.6) is 5.75 Å². The number of nitrogens with zero attached hydrogens (tertiary/aromatic N) is 1. The predicted octanol–water partition coefficient (Wildman–Crippen LogP) is 3.72. The SMILES string of the molecule is COc1ccccc1/C=C/C(=O)N1CC[C@H](c2ccccc2)C1. The highest BCUT2D eigenvalue weighted by molar-refractivity contribution is 5.92. The second kappa shape index (κ2) is 7.14. The zero-order valence-corrected chi connectivity index (χ0v) is 13.3. The zero-order valence-electron chi connectivity index (χ0n) is 13.3. The number of methoxy groups -OCH3 is 1. The van der Waals surface area contributed by atoms with Crippen LogP contribution in [0.2, 0.25) is 0 Å². The zero-order chi connectivity index (χ0) is 16.1. The van der Waals surface area contributed by atoms with Gasteiger partial charge in [0.1, 0.15) is 5.75 Å². The van der Waals surface area contributed by atoms with Crippen LogP contribution in [0.15, 0.2) is 60.7 Å². The van der Waals surface area contributed by atoms with Gasteiger partial charge in [0.05, 0.1) is 7.11 Å². The number of rotatable bonds is 4. The van der Waals surface area contributed by atoms with E-state index in [4.69, 9.17) is 4.74 Å². The molecule has 3 nitrogen and oxygen atoms in total. The van der Waals surface area contributed by atoms with Crippen molar-refractivity contribution in [2.24, 2.45) is 0 Å². The molecule has 3 heteroatoms. The molecule has 0 aromatic heterocycles. The molecule has 1 aliphatic rings. The molecule has 0 spiro atoms. The first-order chi connectivity index (χ1) is 11.3. The predicted molar refractivity (Wildman–Crippen MR) is 92.4 cm³/mol. The van der Waals surface area contributed by atoms with E-state index in [0.29, 0.717) is 5.92 Å². The van der Waals surface area contributed by atoms with E-state index in [-0.39, 0.29) is 5.91 Å². The summed E-state index contributed by atoms with van der Waals surface area (Å²) < 4.78 is 5.30. The standard InChI is InChI=1S/C20H21NO2/c1-23-19-10-6-5-9-17(19)11-12-20(22)21-14-13-18(15-21)16-7-3-2-4-8-16/h2-12,18H,13-15H2,1H3/b12-11+/t18-/m0/s1.